The predicted molar refractivity (Wildman–Crippen MR) is 101 cm³/mol. The minimum atomic E-state index is 0.554. The molecule has 0 spiro atoms. The van der Waals surface area contributed by atoms with Gasteiger partial charge in [0, 0.05) is 30.8 Å². The van der Waals surface area contributed by atoms with E-state index in [0.29, 0.717) is 29.9 Å². The lowest BCUT2D eigenvalue weighted by molar-refractivity contribution is -0.937. The first kappa shape index (κ1) is 18.5. The van der Waals surface area contributed by atoms with Crippen LogP contribution in [0.5, 0.6) is 17.2 Å². The molecule has 1 aliphatic rings. The number of quaternary nitrogens is 1. The molecule has 1 aliphatic heterocycles. The molecule has 2 heterocycles. The summed E-state index contributed by atoms with van der Waals surface area (Å²) in [5.74, 6) is 2.11. The number of nitrogens with zero attached hydrogens (tertiary/aromatic N) is 1. The van der Waals surface area contributed by atoms with Crippen LogP contribution in [0, 0.1) is 0 Å². The van der Waals surface area contributed by atoms with E-state index in [0.717, 1.165) is 13.0 Å². The van der Waals surface area contributed by atoms with E-state index in [-0.39, 0.29) is 0 Å². The van der Waals surface area contributed by atoms with Crippen LogP contribution in [-0.2, 0) is 0 Å². The number of aromatic nitrogens is 1. The van der Waals surface area contributed by atoms with Crippen LogP contribution >= 0.6 is 0 Å². The Bertz CT molecular complexity index is 656. The molecule has 0 amide bonds. The standard InChI is InChI=1S/C21H28N2O3/c1-24-19-10-5-11-20(25-2)21(19)26-15-7-14-23-13-4-3-9-18(23)17-8-6-12-22-16-17/h5-6,8,10-12,16,18H,3-4,7,9,13-15H2,1-2H3/p+1/t18-/m1/s1. The highest BCUT2D eigenvalue weighted by atomic mass is 16.5. The SMILES string of the molecule is COc1cccc(OC)c1OCCC[NH+]1CCCC[C@@H]1c1cccnc1. The van der Waals surface area contributed by atoms with Crippen molar-refractivity contribution < 1.29 is 19.1 Å². The summed E-state index contributed by atoms with van der Waals surface area (Å²) in [6.45, 7) is 2.97. The fourth-order valence-corrected chi connectivity index (χ4v) is 3.80. The molecule has 0 saturated carbocycles. The summed E-state index contributed by atoms with van der Waals surface area (Å²) in [6, 6.07) is 10.5. The van der Waals surface area contributed by atoms with E-state index in [4.69, 9.17) is 14.2 Å². The summed E-state index contributed by atoms with van der Waals surface area (Å²) in [5.41, 5.74) is 1.36. The summed E-state index contributed by atoms with van der Waals surface area (Å²) in [5, 5.41) is 0. The minimum Gasteiger partial charge on any atom is -0.493 e. The van der Waals surface area contributed by atoms with Gasteiger partial charge in [-0.1, -0.05) is 12.1 Å². The number of rotatable bonds is 8. The summed E-state index contributed by atoms with van der Waals surface area (Å²) >= 11 is 0. The molecule has 0 aliphatic carbocycles. The molecule has 2 aromatic rings. The maximum Gasteiger partial charge on any atom is 0.203 e. The maximum absolute atomic E-state index is 6.01. The van der Waals surface area contributed by atoms with Crippen LogP contribution in [0.4, 0.5) is 0 Å². The van der Waals surface area contributed by atoms with E-state index >= 15 is 0 Å². The Balaban J connectivity index is 1.56. The molecular weight excluding hydrogens is 328 g/mol. The Labute approximate surface area is 155 Å². The van der Waals surface area contributed by atoms with Crippen molar-refractivity contribution in [1.82, 2.24) is 4.98 Å². The third kappa shape index (κ3) is 4.47. The highest BCUT2D eigenvalue weighted by molar-refractivity contribution is 5.51. The van der Waals surface area contributed by atoms with Gasteiger partial charge in [0.25, 0.3) is 0 Å². The van der Waals surface area contributed by atoms with Gasteiger partial charge in [-0.2, -0.15) is 0 Å². The number of ether oxygens (including phenoxy) is 3. The molecule has 3 rings (SSSR count). The van der Waals surface area contributed by atoms with E-state index in [1.807, 2.05) is 36.7 Å². The van der Waals surface area contributed by atoms with Crippen molar-refractivity contribution in [3.8, 4) is 17.2 Å². The smallest absolute Gasteiger partial charge is 0.203 e. The molecule has 1 unspecified atom stereocenters. The first-order valence-corrected chi connectivity index (χ1v) is 9.41. The van der Waals surface area contributed by atoms with Crippen LogP contribution in [0.1, 0.15) is 37.3 Å². The topological polar surface area (TPSA) is 45.0 Å². The average Bonchev–Trinajstić information content (AvgIpc) is 2.72. The molecule has 1 saturated heterocycles. The zero-order valence-electron chi connectivity index (χ0n) is 15.7. The quantitative estimate of drug-likeness (QED) is 0.738. The monoisotopic (exact) mass is 357 g/mol. The molecule has 2 atom stereocenters. The lowest BCUT2D eigenvalue weighted by Crippen LogP contribution is -3.13. The second-order valence-corrected chi connectivity index (χ2v) is 6.69. The average molecular weight is 357 g/mol. The van der Waals surface area contributed by atoms with Crippen LogP contribution in [-0.4, -0.2) is 38.9 Å². The predicted octanol–water partition coefficient (Wildman–Crippen LogP) is 2.68. The van der Waals surface area contributed by atoms with Crippen molar-refractivity contribution >= 4 is 0 Å². The van der Waals surface area contributed by atoms with Crippen molar-refractivity contribution in [2.45, 2.75) is 31.7 Å². The van der Waals surface area contributed by atoms with Crippen LogP contribution in [0.2, 0.25) is 0 Å². The number of nitrogens with one attached hydrogen (secondary N) is 1. The van der Waals surface area contributed by atoms with E-state index in [1.165, 1.54) is 31.4 Å². The number of piperidine rings is 1. The van der Waals surface area contributed by atoms with Crippen molar-refractivity contribution in [3.63, 3.8) is 0 Å². The summed E-state index contributed by atoms with van der Waals surface area (Å²) in [6.07, 6.45) is 8.70. The molecule has 0 radical (unpaired) electrons. The molecule has 1 aromatic carbocycles. The number of methoxy groups -OCH3 is 2. The van der Waals surface area contributed by atoms with E-state index in [2.05, 4.69) is 11.1 Å². The van der Waals surface area contributed by atoms with Gasteiger partial charge in [-0.25, -0.2) is 0 Å². The van der Waals surface area contributed by atoms with E-state index in [1.54, 1.807) is 19.1 Å². The first-order chi connectivity index (χ1) is 12.8. The van der Waals surface area contributed by atoms with Gasteiger partial charge in [-0.05, 0) is 31.0 Å². The molecule has 1 N–H and O–H groups in total. The normalized spacial score (nSPS) is 19.8. The van der Waals surface area contributed by atoms with Gasteiger partial charge in [0.05, 0.1) is 33.9 Å². The van der Waals surface area contributed by atoms with E-state index < -0.39 is 0 Å². The summed E-state index contributed by atoms with van der Waals surface area (Å²) in [7, 11) is 3.30. The Morgan fingerprint density at radius 3 is 2.58 bits per heavy atom. The van der Waals surface area contributed by atoms with Crippen molar-refractivity contribution in [3.05, 3.63) is 48.3 Å². The zero-order chi connectivity index (χ0) is 18.2. The molecule has 5 nitrogen and oxygen atoms in total. The van der Waals surface area contributed by atoms with Crippen molar-refractivity contribution in [2.75, 3.05) is 33.9 Å². The third-order valence-electron chi connectivity index (χ3n) is 5.09. The number of benzene rings is 1. The second-order valence-electron chi connectivity index (χ2n) is 6.69. The van der Waals surface area contributed by atoms with Crippen molar-refractivity contribution in [1.29, 1.82) is 0 Å². The van der Waals surface area contributed by atoms with Gasteiger partial charge in [-0.3, -0.25) is 4.98 Å². The largest absolute Gasteiger partial charge is 0.493 e. The van der Waals surface area contributed by atoms with Gasteiger partial charge in [0.2, 0.25) is 5.75 Å². The maximum atomic E-state index is 6.01. The number of likely N-dealkylation sites (tertiary alicyclic amines) is 1. The number of hydrogen-bond acceptors (Lipinski definition) is 4. The van der Waals surface area contributed by atoms with Gasteiger partial charge in [-0.15, -0.1) is 0 Å². The number of para-hydroxylation sites is 1. The zero-order valence-corrected chi connectivity index (χ0v) is 15.7. The highest BCUT2D eigenvalue weighted by Gasteiger charge is 2.27. The summed E-state index contributed by atoms with van der Waals surface area (Å²) < 4.78 is 16.8. The fraction of sp³-hybridized carbons (Fsp3) is 0.476. The Morgan fingerprint density at radius 1 is 1.08 bits per heavy atom. The van der Waals surface area contributed by atoms with Gasteiger partial charge in [0.1, 0.15) is 6.04 Å². The van der Waals surface area contributed by atoms with Crippen LogP contribution < -0.4 is 19.1 Å². The second kappa shape index (κ2) is 9.43. The lowest BCUT2D eigenvalue weighted by Gasteiger charge is -2.32. The summed E-state index contributed by atoms with van der Waals surface area (Å²) in [4.78, 5) is 5.94. The van der Waals surface area contributed by atoms with Gasteiger partial charge < -0.3 is 19.1 Å². The minimum absolute atomic E-state index is 0.554. The Hall–Kier alpha value is -2.27. The van der Waals surface area contributed by atoms with Crippen LogP contribution in [0.3, 0.4) is 0 Å². The van der Waals surface area contributed by atoms with Crippen molar-refractivity contribution in [2.24, 2.45) is 0 Å². The highest BCUT2D eigenvalue weighted by Crippen LogP contribution is 2.36. The molecule has 5 heteroatoms. The van der Waals surface area contributed by atoms with Crippen LogP contribution in [0.25, 0.3) is 0 Å². The number of hydrogen-bond donors (Lipinski definition) is 1. The molecule has 1 fully saturated rings. The third-order valence-corrected chi connectivity index (χ3v) is 5.09. The molecule has 0 bridgehead atoms. The molecule has 140 valence electrons. The van der Waals surface area contributed by atoms with Crippen LogP contribution in [0.15, 0.2) is 42.7 Å². The van der Waals surface area contributed by atoms with E-state index in [9.17, 15) is 0 Å². The molecule has 1 aromatic heterocycles. The van der Waals surface area contributed by atoms with Gasteiger partial charge >= 0.3 is 0 Å². The fourth-order valence-electron chi connectivity index (χ4n) is 3.80. The van der Waals surface area contributed by atoms with Gasteiger partial charge in [0.15, 0.2) is 11.5 Å². The Morgan fingerprint density at radius 2 is 1.88 bits per heavy atom. The number of pyridine rings is 1. The Kier molecular flexibility index (Phi) is 6.72. The molecular formula is C21H29N2O3+. The first-order valence-electron chi connectivity index (χ1n) is 9.41. The lowest BCUT2D eigenvalue weighted by atomic mass is 9.96. The molecule has 26 heavy (non-hydrogen) atoms.